The molecule has 3 aliphatic rings. The molecular weight excluding hydrogens is 929 g/mol. The third-order valence-corrected chi connectivity index (χ3v) is 13.1. The van der Waals surface area contributed by atoms with Crippen LogP contribution in [0.3, 0.4) is 0 Å². The summed E-state index contributed by atoms with van der Waals surface area (Å²) in [5.74, 6) is -3.23. The fourth-order valence-corrected chi connectivity index (χ4v) is 9.08. The van der Waals surface area contributed by atoms with Crippen molar-refractivity contribution in [3.63, 3.8) is 0 Å². The topological polar surface area (TPSA) is 218 Å². The van der Waals surface area contributed by atoms with Crippen molar-refractivity contribution in [1.82, 2.24) is 19.9 Å². The molecule has 0 unspecified atom stereocenters. The maximum absolute atomic E-state index is 13.9. The van der Waals surface area contributed by atoms with Gasteiger partial charge < -0.3 is 57.3 Å². The molecule has 0 amide bonds. The molecule has 3 aromatic rings. The maximum atomic E-state index is 13.9. The van der Waals surface area contributed by atoms with E-state index in [2.05, 4.69) is 16.5 Å². The first-order valence-corrected chi connectivity index (χ1v) is 24.1. The van der Waals surface area contributed by atoms with Gasteiger partial charge in [-0.15, -0.1) is 0 Å². The summed E-state index contributed by atoms with van der Waals surface area (Å²) in [6.07, 6.45) is 5.92. The third-order valence-electron chi connectivity index (χ3n) is 13.1. The number of fused-ring (bicyclic) bond motifs is 11. The second-order valence-corrected chi connectivity index (χ2v) is 17.4. The molecule has 388 valence electrons. The Balaban J connectivity index is 1.44. The average Bonchev–Trinajstić information content (AvgIpc) is 4.03. The number of hydrogen-bond donors (Lipinski definition) is 2. The number of ether oxygens (including phenoxy) is 10. The first-order valence-electron chi connectivity index (χ1n) is 24.1. The molecule has 1 aliphatic carbocycles. The van der Waals surface area contributed by atoms with Crippen LogP contribution in [0.5, 0.6) is 0 Å². The normalized spacial score (nSPS) is 16.2. The summed E-state index contributed by atoms with van der Waals surface area (Å²) in [5, 5.41) is 0. The number of aromatic nitrogens is 4. The molecule has 0 spiro atoms. The molecule has 3 aromatic heterocycles. The van der Waals surface area contributed by atoms with E-state index in [1.54, 1.807) is 32.4 Å². The highest BCUT2D eigenvalue weighted by Crippen LogP contribution is 2.52. The highest BCUT2D eigenvalue weighted by Gasteiger charge is 2.53. The number of rotatable bonds is 27. The largest absolute Gasteiger partial charge is 0.469 e. The van der Waals surface area contributed by atoms with E-state index in [1.165, 1.54) is 14.2 Å². The van der Waals surface area contributed by atoms with Gasteiger partial charge in [0.2, 0.25) is 0 Å². The number of nitrogens with one attached hydrogen (secondary N) is 2. The number of nitrogens with zero attached hydrogens (tertiary/aromatic N) is 2. The van der Waals surface area contributed by atoms with Gasteiger partial charge in [0.05, 0.1) is 114 Å². The standard InChI is InChI=1S/C54H68N4O14/c1-10-36-33(2)42-30-47-40-14-11-39(52(61)65-8)51(53(62)66-9)54(40,5)48(58-47)32-43-35(4)38(13-16-50(60)72-28-26-70-24-22-68-20-18-64-7)46(57-43)31-45-37(34(3)41(56-45)29-44(36)55-42)12-15-49(59)71-27-25-69-23-21-67-19-17-63-6/h10-11,14,29-32,51,56-57H,1,12-13,15-28H2,2-9H3/t51-,54+/m0/s1. The smallest absolute Gasteiger partial charge is 0.334 e. The van der Waals surface area contributed by atoms with E-state index >= 15 is 0 Å². The lowest BCUT2D eigenvalue weighted by molar-refractivity contribution is -0.149. The second kappa shape index (κ2) is 26.4. The molecular formula is C54H68N4O14. The zero-order valence-corrected chi connectivity index (χ0v) is 42.7. The molecule has 0 saturated carbocycles. The lowest BCUT2D eigenvalue weighted by atomic mass is 9.64. The molecule has 72 heavy (non-hydrogen) atoms. The van der Waals surface area contributed by atoms with Gasteiger partial charge in [-0.1, -0.05) is 24.8 Å². The van der Waals surface area contributed by atoms with Gasteiger partial charge in [0.15, 0.2) is 0 Å². The van der Waals surface area contributed by atoms with Gasteiger partial charge in [-0.2, -0.15) is 0 Å². The lowest BCUT2D eigenvalue weighted by Gasteiger charge is -2.36. The monoisotopic (exact) mass is 996 g/mol. The number of aromatic amines is 2. The van der Waals surface area contributed by atoms with Crippen LogP contribution in [-0.4, -0.2) is 152 Å². The van der Waals surface area contributed by atoms with Crippen molar-refractivity contribution in [2.75, 3.05) is 108 Å². The van der Waals surface area contributed by atoms with E-state index in [0.29, 0.717) is 105 Å². The number of H-pyrrole nitrogens is 2. The van der Waals surface area contributed by atoms with E-state index in [0.717, 1.165) is 44.4 Å². The molecule has 0 radical (unpaired) electrons. The average molecular weight is 997 g/mol. The number of methoxy groups -OCH3 is 4. The molecule has 2 atom stereocenters. The Bertz CT molecular complexity index is 2730. The predicted molar refractivity (Wildman–Crippen MR) is 270 cm³/mol. The van der Waals surface area contributed by atoms with Crippen molar-refractivity contribution in [2.24, 2.45) is 5.92 Å². The zero-order valence-electron chi connectivity index (χ0n) is 42.7. The molecule has 0 fully saturated rings. The SMILES string of the molecule is C=CC1=C(C)c2cc3nc(cc4[nH]c(cc5[nH]c(cc1n2)c(C)c5CCC(=O)OCCOCCOCCOC)c(CCC(=O)OCCOCCOCCOC)c4C)[C@@]1(C)C3=CC=C(C(=O)OC)[C@H]1C(=O)OC. The summed E-state index contributed by atoms with van der Waals surface area (Å²) in [7, 11) is 5.77. The Labute approximate surface area is 420 Å². The number of allylic oxidation sites excluding steroid dienone is 6. The number of hydrogen-bond acceptors (Lipinski definition) is 16. The van der Waals surface area contributed by atoms with Crippen LogP contribution in [0.2, 0.25) is 0 Å². The Hall–Kier alpha value is -6.28. The Morgan fingerprint density at radius 1 is 0.611 bits per heavy atom. The lowest BCUT2D eigenvalue weighted by Crippen LogP contribution is -2.42. The van der Waals surface area contributed by atoms with E-state index in [1.807, 2.05) is 52.0 Å². The zero-order chi connectivity index (χ0) is 51.8. The first-order chi connectivity index (χ1) is 34.8. The number of aryl methyl sites for hydroxylation is 4. The van der Waals surface area contributed by atoms with Crippen LogP contribution in [0.15, 0.2) is 54.6 Å². The Kier molecular flexibility index (Phi) is 20.2. The highest BCUT2D eigenvalue weighted by atomic mass is 16.6. The van der Waals surface area contributed by atoms with Crippen molar-refractivity contribution in [3.8, 4) is 0 Å². The fraction of sp³-hybridized carbons (Fsp3) is 0.481. The molecule has 2 N–H and O–H groups in total. The molecule has 2 aliphatic heterocycles. The quantitative estimate of drug-likeness (QED) is 0.0467. The second-order valence-electron chi connectivity index (χ2n) is 17.4. The summed E-state index contributed by atoms with van der Waals surface area (Å²) in [4.78, 5) is 71.3. The Morgan fingerprint density at radius 2 is 1.12 bits per heavy atom. The van der Waals surface area contributed by atoms with Gasteiger partial charge in [0.1, 0.15) is 19.1 Å². The summed E-state index contributed by atoms with van der Waals surface area (Å²) < 4.78 is 53.7. The van der Waals surface area contributed by atoms with Crippen molar-refractivity contribution in [1.29, 1.82) is 0 Å². The van der Waals surface area contributed by atoms with Crippen LogP contribution in [0.1, 0.15) is 71.7 Å². The van der Waals surface area contributed by atoms with E-state index in [-0.39, 0.29) is 50.8 Å². The Morgan fingerprint density at radius 3 is 1.62 bits per heavy atom. The minimum Gasteiger partial charge on any atom is -0.469 e. The maximum Gasteiger partial charge on any atom is 0.334 e. The molecule has 0 aromatic carbocycles. The van der Waals surface area contributed by atoms with Crippen LogP contribution in [0, 0.1) is 19.8 Å². The number of carbonyl (C=O) groups is 4. The van der Waals surface area contributed by atoms with Crippen LogP contribution < -0.4 is 0 Å². The van der Waals surface area contributed by atoms with Crippen molar-refractivity contribution in [2.45, 2.75) is 58.8 Å². The van der Waals surface area contributed by atoms with Crippen LogP contribution >= 0.6 is 0 Å². The van der Waals surface area contributed by atoms with Crippen molar-refractivity contribution >= 4 is 62.7 Å². The molecule has 18 nitrogen and oxygen atoms in total. The fourth-order valence-electron chi connectivity index (χ4n) is 9.08. The molecule has 18 heteroatoms. The highest BCUT2D eigenvalue weighted by molar-refractivity contribution is 6.02. The molecule has 8 bridgehead atoms. The summed E-state index contributed by atoms with van der Waals surface area (Å²) in [6, 6.07) is 7.69. The summed E-state index contributed by atoms with van der Waals surface area (Å²) in [6.45, 7) is 16.0. The van der Waals surface area contributed by atoms with Crippen molar-refractivity contribution < 1.29 is 66.5 Å². The van der Waals surface area contributed by atoms with Gasteiger partial charge in [-0.05, 0) is 98.2 Å². The van der Waals surface area contributed by atoms with E-state index < -0.39 is 29.2 Å². The van der Waals surface area contributed by atoms with Gasteiger partial charge in [-0.25, -0.2) is 9.78 Å². The molecule has 6 rings (SSSR count). The van der Waals surface area contributed by atoms with Crippen LogP contribution in [0.4, 0.5) is 0 Å². The van der Waals surface area contributed by atoms with Gasteiger partial charge in [0.25, 0.3) is 0 Å². The van der Waals surface area contributed by atoms with E-state index in [4.69, 9.17) is 57.3 Å². The minimum absolute atomic E-state index is 0.0513. The summed E-state index contributed by atoms with van der Waals surface area (Å²) >= 11 is 0. The molecule has 0 saturated heterocycles. The van der Waals surface area contributed by atoms with Gasteiger partial charge >= 0.3 is 23.9 Å². The number of carbonyl (C=O) groups excluding carboxylic acids is 4. The van der Waals surface area contributed by atoms with Crippen molar-refractivity contribution in [3.05, 3.63) is 99.7 Å². The first kappa shape index (κ1) is 55.0. The third kappa shape index (κ3) is 13.0. The summed E-state index contributed by atoms with van der Waals surface area (Å²) in [5.41, 5.74) is 9.81. The predicted octanol–water partition coefficient (Wildman–Crippen LogP) is 6.60. The van der Waals surface area contributed by atoms with Gasteiger partial charge in [-0.3, -0.25) is 19.4 Å². The van der Waals surface area contributed by atoms with Gasteiger partial charge in [0, 0.05) is 54.7 Å². The molecule has 5 heterocycles. The van der Waals surface area contributed by atoms with E-state index in [9.17, 15) is 19.2 Å². The van der Waals surface area contributed by atoms with Crippen LogP contribution in [0.25, 0.3) is 38.8 Å². The minimum atomic E-state index is -1.22. The van der Waals surface area contributed by atoms with Crippen LogP contribution in [-0.2, 0) is 84.8 Å². The number of esters is 4.